The molecule has 0 amide bonds. The van der Waals surface area contributed by atoms with Gasteiger partial charge in [0.05, 0.1) is 0 Å². The van der Waals surface area contributed by atoms with Gasteiger partial charge in [0.1, 0.15) is 0 Å². The Morgan fingerprint density at radius 3 is 2.71 bits per heavy atom. The third-order valence-corrected chi connectivity index (χ3v) is 2.99. The Kier molecular flexibility index (Phi) is 5.37. The summed E-state index contributed by atoms with van der Waals surface area (Å²) in [6.07, 6.45) is -0.946. The lowest BCUT2D eigenvalue weighted by Crippen LogP contribution is -2.26. The number of carbonyl (C=O) groups is 1. The lowest BCUT2D eigenvalue weighted by atomic mass is 10.3. The van der Waals surface area contributed by atoms with Crippen LogP contribution in [0.3, 0.4) is 0 Å². The Morgan fingerprint density at radius 2 is 2.18 bits per heavy atom. The molecule has 17 heavy (non-hydrogen) atoms. The fourth-order valence-electron chi connectivity index (χ4n) is 1.13. The first-order valence-electron chi connectivity index (χ1n) is 4.96. The molecular formula is C11H12F2O3S. The first-order valence-corrected chi connectivity index (χ1v) is 5.95. The van der Waals surface area contributed by atoms with Gasteiger partial charge in [-0.3, -0.25) is 0 Å². The predicted octanol–water partition coefficient (Wildman–Crippen LogP) is 2.55. The first kappa shape index (κ1) is 13.9. The number of rotatable bonds is 6. The highest BCUT2D eigenvalue weighted by Crippen LogP contribution is 2.21. The molecule has 3 nitrogen and oxygen atoms in total. The molecule has 0 bridgehead atoms. The maximum Gasteiger partial charge on any atom is 0.333 e. The minimum Gasteiger partial charge on any atom is -0.479 e. The summed E-state index contributed by atoms with van der Waals surface area (Å²) < 4.78 is 30.5. The maximum absolute atomic E-state index is 12.9. The van der Waals surface area contributed by atoms with Crippen LogP contribution in [0.2, 0.25) is 0 Å². The standard InChI is InChI=1S/C11H12F2O3S/c1-2-16-10(11(14)15)6-17-7-3-4-8(12)9(13)5-7/h3-5,10H,2,6H2,1H3,(H,14,15). The molecule has 1 aromatic carbocycles. The topological polar surface area (TPSA) is 46.5 Å². The van der Waals surface area contributed by atoms with Gasteiger partial charge in [-0.15, -0.1) is 11.8 Å². The maximum atomic E-state index is 12.9. The van der Waals surface area contributed by atoms with E-state index < -0.39 is 23.7 Å². The summed E-state index contributed by atoms with van der Waals surface area (Å²) in [5.41, 5.74) is 0. The van der Waals surface area contributed by atoms with Gasteiger partial charge in [-0.1, -0.05) is 0 Å². The second kappa shape index (κ2) is 6.56. The summed E-state index contributed by atoms with van der Waals surface area (Å²) in [5.74, 6) is -2.79. The van der Waals surface area contributed by atoms with Crippen molar-refractivity contribution in [3.8, 4) is 0 Å². The average molecular weight is 262 g/mol. The Morgan fingerprint density at radius 1 is 1.47 bits per heavy atom. The van der Waals surface area contributed by atoms with Crippen molar-refractivity contribution < 1.29 is 23.4 Å². The Labute approximate surface area is 102 Å². The van der Waals surface area contributed by atoms with Crippen LogP contribution in [0.4, 0.5) is 8.78 Å². The van der Waals surface area contributed by atoms with Crippen LogP contribution in [0.1, 0.15) is 6.92 Å². The Bertz CT molecular complexity index is 398. The van der Waals surface area contributed by atoms with Crippen molar-refractivity contribution in [1.82, 2.24) is 0 Å². The van der Waals surface area contributed by atoms with Gasteiger partial charge < -0.3 is 9.84 Å². The van der Waals surface area contributed by atoms with Gasteiger partial charge in [0.15, 0.2) is 17.7 Å². The van der Waals surface area contributed by atoms with Gasteiger partial charge in [-0.2, -0.15) is 0 Å². The quantitative estimate of drug-likeness (QED) is 0.800. The zero-order valence-corrected chi connectivity index (χ0v) is 9.97. The van der Waals surface area contributed by atoms with Crippen molar-refractivity contribution in [1.29, 1.82) is 0 Å². The summed E-state index contributed by atoms with van der Waals surface area (Å²) in [5, 5.41) is 8.81. The van der Waals surface area contributed by atoms with Gasteiger partial charge in [0.2, 0.25) is 0 Å². The molecule has 1 atom stereocenters. The van der Waals surface area contributed by atoms with Crippen LogP contribution in [0.5, 0.6) is 0 Å². The van der Waals surface area contributed by atoms with Gasteiger partial charge >= 0.3 is 5.97 Å². The molecule has 0 heterocycles. The first-order chi connectivity index (χ1) is 8.04. The summed E-state index contributed by atoms with van der Waals surface area (Å²) in [4.78, 5) is 11.2. The lowest BCUT2D eigenvalue weighted by molar-refractivity contribution is -0.148. The largest absolute Gasteiger partial charge is 0.479 e. The monoisotopic (exact) mass is 262 g/mol. The van der Waals surface area contributed by atoms with E-state index in [4.69, 9.17) is 9.84 Å². The van der Waals surface area contributed by atoms with Crippen molar-refractivity contribution >= 4 is 17.7 Å². The van der Waals surface area contributed by atoms with Crippen LogP contribution in [0.25, 0.3) is 0 Å². The smallest absolute Gasteiger partial charge is 0.333 e. The van der Waals surface area contributed by atoms with E-state index in [0.29, 0.717) is 4.90 Å². The van der Waals surface area contributed by atoms with Crippen LogP contribution in [0.15, 0.2) is 23.1 Å². The van der Waals surface area contributed by atoms with E-state index in [9.17, 15) is 13.6 Å². The Hall–Kier alpha value is -1.14. The van der Waals surface area contributed by atoms with E-state index in [1.165, 1.54) is 6.07 Å². The average Bonchev–Trinajstić information content (AvgIpc) is 2.28. The summed E-state index contributed by atoms with van der Waals surface area (Å²) >= 11 is 1.11. The van der Waals surface area contributed by atoms with E-state index >= 15 is 0 Å². The normalized spacial score (nSPS) is 12.4. The van der Waals surface area contributed by atoms with E-state index in [-0.39, 0.29) is 12.4 Å². The highest BCUT2D eigenvalue weighted by Gasteiger charge is 2.17. The molecule has 0 radical (unpaired) electrons. The van der Waals surface area contributed by atoms with Crippen LogP contribution in [-0.4, -0.2) is 29.5 Å². The second-order valence-electron chi connectivity index (χ2n) is 3.17. The molecule has 0 saturated carbocycles. The molecule has 1 aromatic rings. The zero-order chi connectivity index (χ0) is 12.8. The van der Waals surface area contributed by atoms with E-state index in [0.717, 1.165) is 23.9 Å². The minimum absolute atomic E-state index is 0.147. The summed E-state index contributed by atoms with van der Waals surface area (Å²) in [6.45, 7) is 1.98. The number of carboxylic acids is 1. The van der Waals surface area contributed by atoms with Crippen LogP contribution < -0.4 is 0 Å². The lowest BCUT2D eigenvalue weighted by Gasteiger charge is -2.11. The zero-order valence-electron chi connectivity index (χ0n) is 9.15. The number of benzene rings is 1. The van der Waals surface area contributed by atoms with Crippen molar-refractivity contribution in [2.24, 2.45) is 0 Å². The molecule has 0 aliphatic rings. The van der Waals surface area contributed by atoms with E-state index in [2.05, 4.69) is 0 Å². The number of ether oxygens (including phenoxy) is 1. The fraction of sp³-hybridized carbons (Fsp3) is 0.364. The number of carboxylic acid groups (broad SMARTS) is 1. The molecular weight excluding hydrogens is 250 g/mol. The van der Waals surface area contributed by atoms with Gasteiger partial charge in [0, 0.05) is 17.3 Å². The van der Waals surface area contributed by atoms with E-state index in [1.807, 2.05) is 0 Å². The molecule has 0 aliphatic carbocycles. The van der Waals surface area contributed by atoms with Crippen molar-refractivity contribution in [3.63, 3.8) is 0 Å². The number of halogens is 2. The predicted molar refractivity (Wildman–Crippen MR) is 60.1 cm³/mol. The van der Waals surface area contributed by atoms with Gasteiger partial charge in [-0.25, -0.2) is 13.6 Å². The molecule has 0 aromatic heterocycles. The van der Waals surface area contributed by atoms with Crippen LogP contribution in [0, 0.1) is 11.6 Å². The third kappa shape index (κ3) is 4.32. The molecule has 94 valence electrons. The fourth-order valence-corrected chi connectivity index (χ4v) is 2.06. The van der Waals surface area contributed by atoms with Crippen LogP contribution >= 0.6 is 11.8 Å². The van der Waals surface area contributed by atoms with Crippen molar-refractivity contribution in [2.75, 3.05) is 12.4 Å². The third-order valence-electron chi connectivity index (χ3n) is 1.94. The van der Waals surface area contributed by atoms with E-state index in [1.54, 1.807) is 6.92 Å². The summed E-state index contributed by atoms with van der Waals surface area (Å²) in [7, 11) is 0. The molecule has 0 saturated heterocycles. The SMILES string of the molecule is CCOC(CSc1ccc(F)c(F)c1)C(=O)O. The van der Waals surface area contributed by atoms with Crippen molar-refractivity contribution in [2.45, 2.75) is 17.9 Å². The van der Waals surface area contributed by atoms with Crippen LogP contribution in [-0.2, 0) is 9.53 Å². The number of aliphatic carboxylic acids is 1. The minimum atomic E-state index is -1.07. The highest BCUT2D eigenvalue weighted by atomic mass is 32.2. The van der Waals surface area contributed by atoms with Crippen molar-refractivity contribution in [3.05, 3.63) is 29.8 Å². The number of hydrogen-bond acceptors (Lipinski definition) is 3. The number of hydrogen-bond donors (Lipinski definition) is 1. The second-order valence-corrected chi connectivity index (χ2v) is 4.26. The molecule has 6 heteroatoms. The molecule has 1 unspecified atom stereocenters. The molecule has 0 spiro atoms. The summed E-state index contributed by atoms with van der Waals surface area (Å²) in [6, 6.07) is 3.44. The molecule has 1 N–H and O–H groups in total. The number of thioether (sulfide) groups is 1. The molecule has 1 rings (SSSR count). The van der Waals surface area contributed by atoms with Gasteiger partial charge in [0.25, 0.3) is 0 Å². The molecule has 0 aliphatic heterocycles. The highest BCUT2D eigenvalue weighted by molar-refractivity contribution is 7.99. The molecule has 0 fully saturated rings. The Balaban J connectivity index is 2.59. The van der Waals surface area contributed by atoms with Gasteiger partial charge in [-0.05, 0) is 25.1 Å².